The fourth-order valence-electron chi connectivity index (χ4n) is 3.82. The van der Waals surface area contributed by atoms with Crippen LogP contribution in [0.3, 0.4) is 0 Å². The molecule has 0 bridgehead atoms. The molecule has 3 rings (SSSR count). The van der Waals surface area contributed by atoms with E-state index in [1.54, 1.807) is 6.07 Å². The fourth-order valence-corrected chi connectivity index (χ4v) is 3.82. The maximum atomic E-state index is 13.7. The van der Waals surface area contributed by atoms with E-state index in [-0.39, 0.29) is 18.2 Å². The van der Waals surface area contributed by atoms with E-state index in [0.717, 1.165) is 42.9 Å². The van der Waals surface area contributed by atoms with E-state index < -0.39 is 11.6 Å². The van der Waals surface area contributed by atoms with Crippen molar-refractivity contribution in [1.29, 1.82) is 0 Å². The summed E-state index contributed by atoms with van der Waals surface area (Å²) in [6.45, 7) is 8.61. The molecule has 1 aliphatic rings. The second kappa shape index (κ2) is 8.81. The summed E-state index contributed by atoms with van der Waals surface area (Å²) in [5.74, 6) is -0.687. The molecule has 0 aromatic heterocycles. The van der Waals surface area contributed by atoms with Gasteiger partial charge in [-0.1, -0.05) is 31.2 Å². The normalized spacial score (nSPS) is 19.3. The highest BCUT2D eigenvalue weighted by molar-refractivity contribution is 5.37. The van der Waals surface area contributed by atoms with E-state index in [1.807, 2.05) is 32.0 Å². The number of hydrogen-bond donors (Lipinski definition) is 1. The highest BCUT2D eigenvalue weighted by atomic mass is 19.2. The predicted octanol–water partition coefficient (Wildman–Crippen LogP) is 4.85. The van der Waals surface area contributed by atoms with Crippen LogP contribution in [0.25, 0.3) is 0 Å². The Hall–Kier alpha value is -1.98. The monoisotopic (exact) mass is 374 g/mol. The number of hydrogen-bond acceptors (Lipinski definition) is 3. The van der Waals surface area contributed by atoms with Crippen molar-refractivity contribution in [1.82, 2.24) is 10.2 Å². The van der Waals surface area contributed by atoms with Crippen LogP contribution in [0.5, 0.6) is 5.75 Å². The van der Waals surface area contributed by atoms with Gasteiger partial charge in [-0.05, 0) is 44.0 Å². The third-order valence-corrected chi connectivity index (χ3v) is 5.02. The first kappa shape index (κ1) is 19.8. The van der Waals surface area contributed by atoms with Gasteiger partial charge in [0.15, 0.2) is 11.6 Å². The van der Waals surface area contributed by atoms with E-state index >= 15 is 0 Å². The summed E-state index contributed by atoms with van der Waals surface area (Å²) in [4.78, 5) is 2.35. The van der Waals surface area contributed by atoms with Crippen LogP contribution in [-0.4, -0.2) is 30.6 Å². The summed E-state index contributed by atoms with van der Waals surface area (Å²) in [5.41, 5.74) is 1.96. The second-order valence-corrected chi connectivity index (χ2v) is 7.30. The lowest BCUT2D eigenvalue weighted by molar-refractivity contribution is 0.137. The molecule has 1 aliphatic heterocycles. The van der Waals surface area contributed by atoms with E-state index in [0.29, 0.717) is 0 Å². The molecule has 0 aliphatic carbocycles. The fraction of sp³-hybridized carbons (Fsp3) is 0.455. The van der Waals surface area contributed by atoms with Crippen molar-refractivity contribution >= 4 is 0 Å². The molecule has 2 atom stereocenters. The number of nitrogens with zero attached hydrogens (tertiary/aromatic N) is 1. The Bertz CT molecular complexity index is 766. The zero-order valence-electron chi connectivity index (χ0n) is 16.2. The molecule has 0 radical (unpaired) electrons. The molecule has 1 unspecified atom stereocenters. The van der Waals surface area contributed by atoms with E-state index in [1.165, 1.54) is 12.1 Å². The van der Waals surface area contributed by atoms with Gasteiger partial charge in [0.05, 0.1) is 6.10 Å². The van der Waals surface area contributed by atoms with E-state index in [2.05, 4.69) is 23.2 Å². The SMILES string of the molecule is CC[C@@H](c1ccc(F)c(F)c1)N1CCNC(c2ccccc2OC(C)C)C1. The predicted molar refractivity (Wildman–Crippen MR) is 104 cm³/mol. The first-order valence-corrected chi connectivity index (χ1v) is 9.67. The molecular weight excluding hydrogens is 346 g/mol. The van der Waals surface area contributed by atoms with Gasteiger partial charge in [0.1, 0.15) is 5.75 Å². The molecule has 1 N–H and O–H groups in total. The zero-order chi connectivity index (χ0) is 19.4. The van der Waals surface area contributed by atoms with Gasteiger partial charge in [-0.2, -0.15) is 0 Å². The largest absolute Gasteiger partial charge is 0.491 e. The lowest BCUT2D eigenvalue weighted by Gasteiger charge is -2.39. The first-order chi connectivity index (χ1) is 13.0. The molecule has 0 amide bonds. The smallest absolute Gasteiger partial charge is 0.159 e. The van der Waals surface area contributed by atoms with Crippen molar-refractivity contribution < 1.29 is 13.5 Å². The molecular formula is C22H28F2N2O. The van der Waals surface area contributed by atoms with Gasteiger partial charge >= 0.3 is 0 Å². The van der Waals surface area contributed by atoms with Gasteiger partial charge in [-0.15, -0.1) is 0 Å². The lowest BCUT2D eigenvalue weighted by atomic mass is 9.98. The molecule has 2 aromatic rings. The maximum absolute atomic E-state index is 13.7. The van der Waals surface area contributed by atoms with Crippen LogP contribution in [0.15, 0.2) is 42.5 Å². The van der Waals surface area contributed by atoms with Crippen LogP contribution in [0, 0.1) is 11.6 Å². The summed E-state index contributed by atoms with van der Waals surface area (Å²) in [6, 6.07) is 12.5. The Morgan fingerprint density at radius 2 is 1.93 bits per heavy atom. The van der Waals surface area contributed by atoms with E-state index in [9.17, 15) is 8.78 Å². The number of benzene rings is 2. The molecule has 0 saturated carbocycles. The first-order valence-electron chi connectivity index (χ1n) is 9.67. The Morgan fingerprint density at radius 3 is 2.63 bits per heavy atom. The lowest BCUT2D eigenvalue weighted by Crippen LogP contribution is -2.47. The van der Waals surface area contributed by atoms with Crippen molar-refractivity contribution in [3.8, 4) is 5.75 Å². The molecule has 1 fully saturated rings. The molecule has 1 saturated heterocycles. The second-order valence-electron chi connectivity index (χ2n) is 7.30. The topological polar surface area (TPSA) is 24.5 Å². The zero-order valence-corrected chi connectivity index (χ0v) is 16.2. The van der Waals surface area contributed by atoms with Crippen LogP contribution < -0.4 is 10.1 Å². The Labute approximate surface area is 160 Å². The average Bonchev–Trinajstić information content (AvgIpc) is 2.65. The average molecular weight is 374 g/mol. The summed E-state index contributed by atoms with van der Waals surface area (Å²) in [6.07, 6.45) is 0.943. The van der Waals surface area contributed by atoms with Crippen molar-refractivity contribution in [2.45, 2.75) is 45.4 Å². The van der Waals surface area contributed by atoms with Crippen LogP contribution in [0.1, 0.15) is 50.4 Å². The molecule has 5 heteroatoms. The van der Waals surface area contributed by atoms with Gasteiger partial charge < -0.3 is 10.1 Å². The number of ether oxygens (including phenoxy) is 1. The molecule has 3 nitrogen and oxygen atoms in total. The van der Waals surface area contributed by atoms with Crippen molar-refractivity contribution in [3.05, 3.63) is 65.2 Å². The standard InChI is InChI=1S/C22H28F2N2O/c1-4-21(16-9-10-18(23)19(24)13-16)26-12-11-25-20(14-26)17-7-5-6-8-22(17)27-15(2)3/h5-10,13,15,20-21,25H,4,11-12,14H2,1-3H3/t20?,21-/m0/s1. The van der Waals surface area contributed by atoms with Crippen molar-refractivity contribution in [3.63, 3.8) is 0 Å². The van der Waals surface area contributed by atoms with Gasteiger partial charge in [-0.3, -0.25) is 4.90 Å². The minimum atomic E-state index is -0.799. The summed E-state index contributed by atoms with van der Waals surface area (Å²) in [7, 11) is 0. The number of nitrogens with one attached hydrogen (secondary N) is 1. The minimum Gasteiger partial charge on any atom is -0.491 e. The highest BCUT2D eigenvalue weighted by Gasteiger charge is 2.28. The van der Waals surface area contributed by atoms with Gasteiger partial charge in [0.25, 0.3) is 0 Å². The number of halogens is 2. The van der Waals surface area contributed by atoms with Gasteiger partial charge in [0, 0.05) is 37.3 Å². The van der Waals surface area contributed by atoms with Crippen LogP contribution in [-0.2, 0) is 0 Å². The maximum Gasteiger partial charge on any atom is 0.159 e. The Kier molecular flexibility index (Phi) is 6.45. The summed E-state index contributed by atoms with van der Waals surface area (Å²) < 4.78 is 33.0. The molecule has 0 spiro atoms. The van der Waals surface area contributed by atoms with Crippen molar-refractivity contribution in [2.24, 2.45) is 0 Å². The summed E-state index contributed by atoms with van der Waals surface area (Å²) >= 11 is 0. The van der Waals surface area contributed by atoms with Crippen LogP contribution in [0.4, 0.5) is 8.78 Å². The molecule has 146 valence electrons. The van der Waals surface area contributed by atoms with Gasteiger partial charge in [0.2, 0.25) is 0 Å². The third kappa shape index (κ3) is 4.66. The Balaban J connectivity index is 1.82. The van der Waals surface area contributed by atoms with E-state index in [4.69, 9.17) is 4.74 Å². The summed E-state index contributed by atoms with van der Waals surface area (Å²) in [5, 5.41) is 3.57. The van der Waals surface area contributed by atoms with Gasteiger partial charge in [-0.25, -0.2) is 8.78 Å². The number of para-hydroxylation sites is 1. The molecule has 1 heterocycles. The highest BCUT2D eigenvalue weighted by Crippen LogP contribution is 2.32. The Morgan fingerprint density at radius 1 is 1.15 bits per heavy atom. The quantitative estimate of drug-likeness (QED) is 0.782. The van der Waals surface area contributed by atoms with Crippen LogP contribution in [0.2, 0.25) is 0 Å². The molecule has 2 aromatic carbocycles. The number of rotatable bonds is 6. The van der Waals surface area contributed by atoms with Crippen molar-refractivity contribution in [2.75, 3.05) is 19.6 Å². The third-order valence-electron chi connectivity index (χ3n) is 5.02. The molecule has 27 heavy (non-hydrogen) atoms. The van der Waals surface area contributed by atoms with Crippen LogP contribution >= 0.6 is 0 Å². The number of piperazine rings is 1. The minimum absolute atomic E-state index is 0.0582.